The number of benzene rings is 1. The second-order valence-electron chi connectivity index (χ2n) is 4.77. The third kappa shape index (κ3) is 3.11. The smallest absolute Gasteiger partial charge is 0.356 e. The van der Waals surface area contributed by atoms with Crippen LogP contribution in [0.25, 0.3) is 0 Å². The quantitative estimate of drug-likeness (QED) is 0.844. The molecular weight excluding hydrogens is 311 g/mol. The first kappa shape index (κ1) is 16.0. The Kier molecular flexibility index (Phi) is 4.23. The van der Waals surface area contributed by atoms with Crippen LogP contribution in [0.3, 0.4) is 0 Å². The van der Waals surface area contributed by atoms with Gasteiger partial charge in [0.25, 0.3) is 10.0 Å². The van der Waals surface area contributed by atoms with Gasteiger partial charge in [-0.1, -0.05) is 6.07 Å². The summed E-state index contributed by atoms with van der Waals surface area (Å²) >= 11 is 0. The molecule has 8 heteroatoms. The summed E-state index contributed by atoms with van der Waals surface area (Å²) in [7, 11) is -2.99. The molecule has 2 rings (SSSR count). The lowest BCUT2D eigenvalue weighted by Gasteiger charge is -2.09. The summed E-state index contributed by atoms with van der Waals surface area (Å²) in [6, 6.07) is 5.19. The fourth-order valence-corrected chi connectivity index (χ4v) is 3.18. The van der Waals surface area contributed by atoms with Crippen molar-refractivity contribution < 1.29 is 22.3 Å². The summed E-state index contributed by atoms with van der Waals surface area (Å²) in [6.07, 6.45) is 0. The minimum Gasteiger partial charge on any atom is -0.464 e. The monoisotopic (exact) mass is 326 g/mol. The van der Waals surface area contributed by atoms with Crippen molar-refractivity contribution in [1.29, 1.82) is 0 Å². The number of ether oxygens (including phenoxy) is 1. The zero-order chi connectivity index (χ0) is 16.5. The summed E-state index contributed by atoms with van der Waals surface area (Å²) in [4.78, 5) is 13.8. The molecule has 0 spiro atoms. The maximum Gasteiger partial charge on any atom is 0.356 e. The number of sulfonamides is 1. The lowest BCUT2D eigenvalue weighted by molar-refractivity contribution is 0.0596. The number of methoxy groups -OCH3 is 1. The van der Waals surface area contributed by atoms with Gasteiger partial charge in [-0.05, 0) is 37.6 Å². The molecule has 0 atom stereocenters. The molecule has 0 aliphatic carbocycles. The summed E-state index contributed by atoms with van der Waals surface area (Å²) in [6.45, 7) is 3.30. The number of halogens is 1. The van der Waals surface area contributed by atoms with Crippen LogP contribution in [0.2, 0.25) is 0 Å². The third-order valence-corrected chi connectivity index (χ3v) is 4.34. The fourth-order valence-electron chi connectivity index (χ4n) is 1.95. The Morgan fingerprint density at radius 1 is 1.27 bits per heavy atom. The Morgan fingerprint density at radius 3 is 2.59 bits per heavy atom. The molecule has 0 unspecified atom stereocenters. The van der Waals surface area contributed by atoms with Crippen LogP contribution in [0.5, 0.6) is 0 Å². The molecule has 6 nitrogen and oxygen atoms in total. The van der Waals surface area contributed by atoms with Crippen LogP contribution in [0, 0.1) is 19.7 Å². The Labute approximate surface area is 127 Å². The largest absolute Gasteiger partial charge is 0.464 e. The molecule has 1 heterocycles. The van der Waals surface area contributed by atoms with Crippen LogP contribution in [-0.2, 0) is 14.8 Å². The second-order valence-corrected chi connectivity index (χ2v) is 6.42. The maximum atomic E-state index is 13.8. The first-order valence-corrected chi connectivity index (χ1v) is 7.80. The number of hydrogen-bond donors (Lipinski definition) is 2. The first-order valence-electron chi connectivity index (χ1n) is 6.31. The van der Waals surface area contributed by atoms with Crippen molar-refractivity contribution in [2.24, 2.45) is 0 Å². The highest BCUT2D eigenvalue weighted by Gasteiger charge is 2.23. The van der Waals surface area contributed by atoms with Gasteiger partial charge < -0.3 is 9.72 Å². The van der Waals surface area contributed by atoms with Gasteiger partial charge in [-0.25, -0.2) is 17.6 Å². The molecule has 2 N–H and O–H groups in total. The van der Waals surface area contributed by atoms with E-state index in [9.17, 15) is 17.6 Å². The third-order valence-electron chi connectivity index (χ3n) is 2.96. The molecule has 0 radical (unpaired) electrons. The average molecular weight is 326 g/mol. The Morgan fingerprint density at radius 2 is 1.95 bits per heavy atom. The number of anilines is 1. The predicted octanol–water partition coefficient (Wildman–Crippen LogP) is 2.36. The first-order chi connectivity index (χ1) is 10.2. The molecule has 0 saturated heterocycles. The van der Waals surface area contributed by atoms with Crippen molar-refractivity contribution in [2.45, 2.75) is 18.7 Å². The number of rotatable bonds is 4. The number of aromatic amines is 1. The van der Waals surface area contributed by atoms with Crippen LogP contribution in [-0.4, -0.2) is 26.5 Å². The van der Waals surface area contributed by atoms with E-state index in [0.717, 1.165) is 6.07 Å². The number of carbonyl (C=O) groups excluding carboxylic acids is 1. The van der Waals surface area contributed by atoms with Crippen molar-refractivity contribution in [3.05, 3.63) is 47.0 Å². The van der Waals surface area contributed by atoms with E-state index >= 15 is 0 Å². The minimum atomic E-state index is -4.17. The number of carbonyl (C=O) groups is 1. The molecule has 0 fully saturated rings. The molecule has 2 aromatic rings. The van der Waals surface area contributed by atoms with E-state index in [4.69, 9.17) is 0 Å². The molecule has 1 aromatic carbocycles. The minimum absolute atomic E-state index is 0.00487. The molecule has 0 bridgehead atoms. The Bertz CT molecular complexity index is 827. The van der Waals surface area contributed by atoms with Gasteiger partial charge in [0, 0.05) is 5.69 Å². The van der Waals surface area contributed by atoms with Crippen molar-refractivity contribution in [3.63, 3.8) is 0 Å². The topological polar surface area (TPSA) is 88.3 Å². The zero-order valence-electron chi connectivity index (χ0n) is 12.2. The van der Waals surface area contributed by atoms with Gasteiger partial charge >= 0.3 is 5.97 Å². The molecule has 0 aliphatic heterocycles. The van der Waals surface area contributed by atoms with Crippen molar-refractivity contribution in [3.8, 4) is 0 Å². The highest BCUT2D eigenvalue weighted by atomic mass is 32.2. The van der Waals surface area contributed by atoms with Crippen LogP contribution in [0.4, 0.5) is 10.1 Å². The second kappa shape index (κ2) is 5.80. The van der Waals surface area contributed by atoms with Gasteiger partial charge in [0.2, 0.25) is 0 Å². The number of aromatic nitrogens is 1. The normalized spacial score (nSPS) is 11.3. The Hall–Kier alpha value is -2.35. The highest BCUT2D eigenvalue weighted by molar-refractivity contribution is 7.92. The van der Waals surface area contributed by atoms with E-state index in [1.807, 2.05) is 0 Å². The lowest BCUT2D eigenvalue weighted by atomic mass is 10.2. The zero-order valence-corrected chi connectivity index (χ0v) is 13.0. The van der Waals surface area contributed by atoms with Crippen molar-refractivity contribution in [2.75, 3.05) is 11.8 Å². The molecular formula is C14H15FN2O4S. The van der Waals surface area contributed by atoms with Gasteiger partial charge in [0.15, 0.2) is 0 Å². The van der Waals surface area contributed by atoms with Gasteiger partial charge in [-0.15, -0.1) is 0 Å². The number of nitrogens with one attached hydrogen (secondary N) is 2. The number of aryl methyl sites for hydroxylation is 2. The summed E-state index contributed by atoms with van der Waals surface area (Å²) in [5, 5.41) is 0. The molecule has 0 aliphatic rings. The lowest BCUT2D eigenvalue weighted by Crippen LogP contribution is -2.17. The van der Waals surface area contributed by atoms with Crippen molar-refractivity contribution in [1.82, 2.24) is 4.98 Å². The molecule has 1 aromatic heterocycles. The predicted molar refractivity (Wildman–Crippen MR) is 78.8 cm³/mol. The van der Waals surface area contributed by atoms with E-state index < -0.39 is 26.7 Å². The van der Waals surface area contributed by atoms with Gasteiger partial charge in [-0.3, -0.25) is 4.72 Å². The Balaban J connectivity index is 2.46. The van der Waals surface area contributed by atoms with E-state index in [2.05, 4.69) is 14.4 Å². The number of H-pyrrole nitrogens is 1. The van der Waals surface area contributed by atoms with Gasteiger partial charge in [0.05, 0.1) is 12.8 Å². The molecule has 0 saturated carbocycles. The summed E-state index contributed by atoms with van der Waals surface area (Å²) < 4.78 is 45.2. The maximum absolute atomic E-state index is 13.8. The van der Waals surface area contributed by atoms with Crippen LogP contribution in [0.15, 0.2) is 29.2 Å². The average Bonchev–Trinajstić information content (AvgIpc) is 2.80. The van der Waals surface area contributed by atoms with E-state index in [1.165, 1.54) is 25.3 Å². The molecule has 0 amide bonds. The summed E-state index contributed by atoms with van der Waals surface area (Å²) in [5.74, 6) is -1.60. The van der Waals surface area contributed by atoms with Gasteiger partial charge in [0.1, 0.15) is 16.4 Å². The fraction of sp³-hybridized carbons (Fsp3) is 0.214. The molecule has 22 heavy (non-hydrogen) atoms. The van der Waals surface area contributed by atoms with Crippen LogP contribution in [0.1, 0.15) is 21.7 Å². The van der Waals surface area contributed by atoms with E-state index in [0.29, 0.717) is 11.3 Å². The van der Waals surface area contributed by atoms with Crippen LogP contribution >= 0.6 is 0 Å². The number of esters is 1. The van der Waals surface area contributed by atoms with E-state index in [-0.39, 0.29) is 11.4 Å². The highest BCUT2D eigenvalue weighted by Crippen LogP contribution is 2.24. The molecule has 118 valence electrons. The SMILES string of the molecule is COC(=O)c1[nH]c(C)cc1NS(=O)(=O)c1cc(C)ccc1F. The number of hydrogen-bond acceptors (Lipinski definition) is 4. The van der Waals surface area contributed by atoms with Crippen LogP contribution < -0.4 is 4.72 Å². The van der Waals surface area contributed by atoms with Crippen molar-refractivity contribution >= 4 is 21.7 Å². The standard InChI is InChI=1S/C14H15FN2O4S/c1-8-4-5-10(15)12(6-8)22(19,20)17-11-7-9(2)16-13(11)14(18)21-3/h4-7,16-17H,1-3H3. The van der Waals surface area contributed by atoms with Gasteiger partial charge in [-0.2, -0.15) is 0 Å². The summed E-state index contributed by atoms with van der Waals surface area (Å²) in [5.41, 5.74) is 1.12. The van der Waals surface area contributed by atoms with E-state index in [1.54, 1.807) is 13.8 Å².